The SMILES string of the molecule is Brc1ccc(-c2c(Br)cnn2-c2ccccc2)cc1. The van der Waals surface area contributed by atoms with Crippen LogP contribution in [0.5, 0.6) is 0 Å². The van der Waals surface area contributed by atoms with E-state index in [-0.39, 0.29) is 0 Å². The van der Waals surface area contributed by atoms with Crippen LogP contribution in [0.15, 0.2) is 69.7 Å². The molecule has 19 heavy (non-hydrogen) atoms. The summed E-state index contributed by atoms with van der Waals surface area (Å²) in [7, 11) is 0. The third-order valence-electron chi connectivity index (χ3n) is 2.84. The lowest BCUT2D eigenvalue weighted by Gasteiger charge is -2.08. The first-order valence-electron chi connectivity index (χ1n) is 5.80. The third-order valence-corrected chi connectivity index (χ3v) is 3.95. The predicted octanol–water partition coefficient (Wildman–Crippen LogP) is 5.06. The van der Waals surface area contributed by atoms with Crippen LogP contribution in [-0.2, 0) is 0 Å². The van der Waals surface area contributed by atoms with Gasteiger partial charge < -0.3 is 0 Å². The molecule has 0 fully saturated rings. The molecule has 0 spiro atoms. The molecule has 0 bridgehead atoms. The predicted molar refractivity (Wildman–Crippen MR) is 84.4 cm³/mol. The molecule has 2 nitrogen and oxygen atoms in total. The number of para-hydroxylation sites is 1. The summed E-state index contributed by atoms with van der Waals surface area (Å²) in [5, 5.41) is 4.44. The van der Waals surface area contributed by atoms with Gasteiger partial charge in [0, 0.05) is 10.0 Å². The average molecular weight is 378 g/mol. The van der Waals surface area contributed by atoms with Crippen LogP contribution >= 0.6 is 31.9 Å². The van der Waals surface area contributed by atoms with Crippen molar-refractivity contribution in [1.29, 1.82) is 0 Å². The maximum absolute atomic E-state index is 4.44. The molecule has 1 aromatic heterocycles. The summed E-state index contributed by atoms with van der Waals surface area (Å²) in [4.78, 5) is 0. The quantitative estimate of drug-likeness (QED) is 0.610. The molecule has 0 saturated carbocycles. The zero-order valence-corrected chi connectivity index (χ0v) is 13.1. The van der Waals surface area contributed by atoms with E-state index in [1.165, 1.54) is 0 Å². The van der Waals surface area contributed by atoms with Crippen LogP contribution in [0, 0.1) is 0 Å². The number of rotatable bonds is 2. The molecule has 4 heteroatoms. The van der Waals surface area contributed by atoms with Crippen LogP contribution in [0.25, 0.3) is 16.9 Å². The molecule has 3 rings (SSSR count). The molecular formula is C15H10Br2N2. The van der Waals surface area contributed by atoms with E-state index in [2.05, 4.69) is 49.1 Å². The molecular weight excluding hydrogens is 368 g/mol. The smallest absolute Gasteiger partial charge is 0.0883 e. The molecule has 0 aliphatic heterocycles. The lowest BCUT2D eigenvalue weighted by atomic mass is 10.1. The van der Waals surface area contributed by atoms with Gasteiger partial charge in [-0.1, -0.05) is 46.3 Å². The largest absolute Gasteiger partial charge is 0.232 e. The summed E-state index contributed by atoms with van der Waals surface area (Å²) in [6.45, 7) is 0. The fourth-order valence-electron chi connectivity index (χ4n) is 1.96. The Kier molecular flexibility index (Phi) is 3.53. The van der Waals surface area contributed by atoms with Crippen molar-refractivity contribution in [2.75, 3.05) is 0 Å². The van der Waals surface area contributed by atoms with Gasteiger partial charge in [0.15, 0.2) is 0 Å². The summed E-state index contributed by atoms with van der Waals surface area (Å²) in [5.41, 5.74) is 3.22. The molecule has 94 valence electrons. The maximum Gasteiger partial charge on any atom is 0.0883 e. The van der Waals surface area contributed by atoms with E-state index in [0.717, 1.165) is 25.9 Å². The highest BCUT2D eigenvalue weighted by Gasteiger charge is 2.12. The van der Waals surface area contributed by atoms with Gasteiger partial charge in [0.25, 0.3) is 0 Å². The van der Waals surface area contributed by atoms with Gasteiger partial charge in [0.2, 0.25) is 0 Å². The van der Waals surface area contributed by atoms with Crippen LogP contribution in [0.2, 0.25) is 0 Å². The van der Waals surface area contributed by atoms with Crippen LogP contribution in [-0.4, -0.2) is 9.78 Å². The minimum absolute atomic E-state index is 0.985. The highest BCUT2D eigenvalue weighted by molar-refractivity contribution is 9.10. The minimum atomic E-state index is 0.985. The molecule has 1 heterocycles. The molecule has 0 aliphatic rings. The zero-order valence-electron chi connectivity index (χ0n) is 9.92. The third kappa shape index (κ3) is 2.51. The van der Waals surface area contributed by atoms with Gasteiger partial charge in [-0.3, -0.25) is 0 Å². The van der Waals surface area contributed by atoms with E-state index >= 15 is 0 Å². The van der Waals surface area contributed by atoms with Crippen molar-refractivity contribution >= 4 is 31.9 Å². The van der Waals surface area contributed by atoms with Gasteiger partial charge in [0.05, 0.1) is 22.1 Å². The van der Waals surface area contributed by atoms with Gasteiger partial charge in [-0.05, 0) is 40.2 Å². The monoisotopic (exact) mass is 376 g/mol. The molecule has 3 aromatic rings. The molecule has 0 N–H and O–H groups in total. The maximum atomic E-state index is 4.44. The molecule has 0 aliphatic carbocycles. The first-order chi connectivity index (χ1) is 9.25. The van der Waals surface area contributed by atoms with Crippen molar-refractivity contribution < 1.29 is 0 Å². The number of aromatic nitrogens is 2. The average Bonchev–Trinajstić information content (AvgIpc) is 2.83. The summed E-state index contributed by atoms with van der Waals surface area (Å²) in [5.74, 6) is 0. The molecule has 0 amide bonds. The van der Waals surface area contributed by atoms with Crippen molar-refractivity contribution in [3.05, 3.63) is 69.7 Å². The minimum Gasteiger partial charge on any atom is -0.232 e. The van der Waals surface area contributed by atoms with Crippen molar-refractivity contribution in [3.8, 4) is 16.9 Å². The van der Waals surface area contributed by atoms with Crippen molar-refractivity contribution in [2.45, 2.75) is 0 Å². The fraction of sp³-hybridized carbons (Fsp3) is 0. The highest BCUT2D eigenvalue weighted by Crippen LogP contribution is 2.31. The lowest BCUT2D eigenvalue weighted by molar-refractivity contribution is 0.888. The second-order valence-electron chi connectivity index (χ2n) is 4.10. The van der Waals surface area contributed by atoms with E-state index in [9.17, 15) is 0 Å². The lowest BCUT2D eigenvalue weighted by Crippen LogP contribution is -1.98. The Morgan fingerprint density at radius 1 is 0.842 bits per heavy atom. The van der Waals surface area contributed by atoms with E-state index in [0.29, 0.717) is 0 Å². The first kappa shape index (κ1) is 12.6. The van der Waals surface area contributed by atoms with Crippen molar-refractivity contribution in [3.63, 3.8) is 0 Å². The van der Waals surface area contributed by atoms with Crippen molar-refractivity contribution in [1.82, 2.24) is 9.78 Å². The van der Waals surface area contributed by atoms with Gasteiger partial charge in [-0.15, -0.1) is 0 Å². The topological polar surface area (TPSA) is 17.8 Å². The highest BCUT2D eigenvalue weighted by atomic mass is 79.9. The summed E-state index contributed by atoms with van der Waals surface area (Å²) in [6.07, 6.45) is 1.82. The zero-order chi connectivity index (χ0) is 13.2. The van der Waals surface area contributed by atoms with Crippen LogP contribution in [0.4, 0.5) is 0 Å². The Balaban J connectivity index is 2.17. The van der Waals surface area contributed by atoms with Crippen molar-refractivity contribution in [2.24, 2.45) is 0 Å². The molecule has 0 saturated heterocycles. The van der Waals surface area contributed by atoms with Gasteiger partial charge >= 0.3 is 0 Å². The fourth-order valence-corrected chi connectivity index (χ4v) is 2.71. The Morgan fingerprint density at radius 2 is 1.53 bits per heavy atom. The van der Waals surface area contributed by atoms with E-state index < -0.39 is 0 Å². The molecule has 2 aromatic carbocycles. The normalized spacial score (nSPS) is 10.6. The summed E-state index contributed by atoms with van der Waals surface area (Å²) >= 11 is 7.03. The standard InChI is InChI=1S/C15H10Br2N2/c16-12-8-6-11(7-9-12)15-14(17)10-18-19(15)13-4-2-1-3-5-13/h1-10H. The number of benzene rings is 2. The summed E-state index contributed by atoms with van der Waals surface area (Å²) < 4.78 is 3.99. The second kappa shape index (κ2) is 5.31. The van der Waals surface area contributed by atoms with Crippen LogP contribution in [0.3, 0.4) is 0 Å². The van der Waals surface area contributed by atoms with Gasteiger partial charge in [-0.2, -0.15) is 5.10 Å². The van der Waals surface area contributed by atoms with E-state index in [4.69, 9.17) is 0 Å². The Hall–Kier alpha value is -1.39. The number of hydrogen-bond acceptors (Lipinski definition) is 1. The molecule has 0 unspecified atom stereocenters. The Morgan fingerprint density at radius 3 is 2.21 bits per heavy atom. The summed E-state index contributed by atoms with van der Waals surface area (Å²) in [6, 6.07) is 18.3. The molecule has 0 radical (unpaired) electrons. The van der Waals surface area contributed by atoms with E-state index in [1.807, 2.05) is 53.3 Å². The van der Waals surface area contributed by atoms with Crippen LogP contribution in [0.1, 0.15) is 0 Å². The first-order valence-corrected chi connectivity index (χ1v) is 7.39. The van der Waals surface area contributed by atoms with Gasteiger partial charge in [-0.25, -0.2) is 4.68 Å². The number of hydrogen-bond donors (Lipinski definition) is 0. The number of halogens is 2. The Bertz CT molecular complexity index is 688. The van der Waals surface area contributed by atoms with Gasteiger partial charge in [0.1, 0.15) is 0 Å². The van der Waals surface area contributed by atoms with Crippen LogP contribution < -0.4 is 0 Å². The Labute approximate surface area is 128 Å². The second-order valence-corrected chi connectivity index (χ2v) is 5.87. The molecule has 0 atom stereocenters. The van der Waals surface area contributed by atoms with E-state index in [1.54, 1.807) is 0 Å². The number of nitrogens with zero attached hydrogens (tertiary/aromatic N) is 2.